The minimum atomic E-state index is -0.400. The van der Waals surface area contributed by atoms with Crippen LogP contribution in [0, 0.1) is 0 Å². The maximum atomic E-state index is 12.6. The lowest BCUT2D eigenvalue weighted by Gasteiger charge is -2.04. The van der Waals surface area contributed by atoms with Crippen LogP contribution in [0.1, 0.15) is 34.1 Å². The molecule has 0 unspecified atom stereocenters. The summed E-state index contributed by atoms with van der Waals surface area (Å²) < 4.78 is 7.53. The van der Waals surface area contributed by atoms with E-state index in [-0.39, 0.29) is 18.2 Å². The van der Waals surface area contributed by atoms with Gasteiger partial charge in [0.25, 0.3) is 5.91 Å². The standard InChI is InChI=1S/C20H18N2O4S/c1-13(23)14-7-9-15(10-8-14)19(25)21-20-22(12-11-18(24)26-2)16-5-3-4-6-17(16)27-20/h3-10H,11-12H2,1-2H3. The fourth-order valence-electron chi connectivity index (χ4n) is 2.63. The first-order valence-electron chi connectivity index (χ1n) is 8.35. The molecule has 0 aliphatic heterocycles. The van der Waals surface area contributed by atoms with Gasteiger partial charge in [-0.2, -0.15) is 4.99 Å². The predicted octanol–water partition coefficient (Wildman–Crippen LogP) is 3.21. The number of carbonyl (C=O) groups is 3. The number of Topliss-reactive ketones (excluding diaryl/α,β-unsaturated/α-hetero) is 1. The van der Waals surface area contributed by atoms with Gasteiger partial charge in [0.1, 0.15) is 0 Å². The lowest BCUT2D eigenvalue weighted by molar-refractivity contribution is -0.140. The minimum absolute atomic E-state index is 0.0592. The van der Waals surface area contributed by atoms with Crippen LogP contribution >= 0.6 is 11.3 Å². The SMILES string of the molecule is COC(=O)CCn1c(=NC(=O)c2ccc(C(C)=O)cc2)sc2ccccc21. The summed E-state index contributed by atoms with van der Waals surface area (Å²) in [5.74, 6) is -0.783. The minimum Gasteiger partial charge on any atom is -0.469 e. The van der Waals surface area contributed by atoms with E-state index in [9.17, 15) is 14.4 Å². The zero-order valence-corrected chi connectivity index (χ0v) is 15.8. The molecule has 0 saturated carbocycles. The van der Waals surface area contributed by atoms with Crippen molar-refractivity contribution < 1.29 is 19.1 Å². The number of nitrogens with zero attached hydrogens (tertiary/aromatic N) is 2. The van der Waals surface area contributed by atoms with E-state index in [4.69, 9.17) is 4.74 Å². The molecule has 7 heteroatoms. The lowest BCUT2D eigenvalue weighted by atomic mass is 10.1. The molecule has 0 N–H and O–H groups in total. The monoisotopic (exact) mass is 382 g/mol. The molecule has 0 radical (unpaired) electrons. The van der Waals surface area contributed by atoms with Gasteiger partial charge in [0.2, 0.25) is 0 Å². The van der Waals surface area contributed by atoms with E-state index in [0.29, 0.717) is 22.5 Å². The Kier molecular flexibility index (Phi) is 5.61. The van der Waals surface area contributed by atoms with Gasteiger partial charge in [0, 0.05) is 17.7 Å². The topological polar surface area (TPSA) is 77.7 Å². The molecule has 27 heavy (non-hydrogen) atoms. The van der Waals surface area contributed by atoms with Gasteiger partial charge in [0.15, 0.2) is 10.6 Å². The van der Waals surface area contributed by atoms with Crippen LogP contribution in [0.4, 0.5) is 0 Å². The van der Waals surface area contributed by atoms with Gasteiger partial charge in [-0.1, -0.05) is 35.6 Å². The van der Waals surface area contributed by atoms with Crippen molar-refractivity contribution >= 4 is 39.2 Å². The number of aryl methyl sites for hydroxylation is 1. The number of methoxy groups -OCH3 is 1. The van der Waals surface area contributed by atoms with Gasteiger partial charge in [-0.05, 0) is 31.2 Å². The van der Waals surface area contributed by atoms with Crippen molar-refractivity contribution in [2.75, 3.05) is 7.11 Å². The Balaban J connectivity index is 1.99. The van der Waals surface area contributed by atoms with Crippen LogP contribution in [0.3, 0.4) is 0 Å². The summed E-state index contributed by atoms with van der Waals surface area (Å²) in [7, 11) is 1.35. The molecule has 6 nitrogen and oxygen atoms in total. The molecule has 1 aromatic heterocycles. The summed E-state index contributed by atoms with van der Waals surface area (Å²) in [6.07, 6.45) is 0.186. The number of hydrogen-bond acceptors (Lipinski definition) is 5. The molecule has 2 aromatic carbocycles. The van der Waals surface area contributed by atoms with Crippen molar-refractivity contribution in [2.24, 2.45) is 4.99 Å². The Hall–Kier alpha value is -3.06. The van der Waals surface area contributed by atoms with Gasteiger partial charge >= 0.3 is 5.97 Å². The second kappa shape index (κ2) is 8.09. The summed E-state index contributed by atoms with van der Waals surface area (Å²) in [5.41, 5.74) is 1.85. The molecule has 3 aromatic rings. The van der Waals surface area contributed by atoms with E-state index in [2.05, 4.69) is 4.99 Å². The van der Waals surface area contributed by atoms with Crippen LogP contribution in [0.2, 0.25) is 0 Å². The average molecular weight is 382 g/mol. The van der Waals surface area contributed by atoms with Gasteiger partial charge < -0.3 is 9.30 Å². The third kappa shape index (κ3) is 4.20. The van der Waals surface area contributed by atoms with Crippen molar-refractivity contribution in [2.45, 2.75) is 19.9 Å². The predicted molar refractivity (Wildman–Crippen MR) is 103 cm³/mol. The molecular formula is C20H18N2O4S. The number of thiazole rings is 1. The Labute approximate surface area is 159 Å². The third-order valence-electron chi connectivity index (χ3n) is 4.09. The van der Waals surface area contributed by atoms with Crippen molar-refractivity contribution in [3.8, 4) is 0 Å². The van der Waals surface area contributed by atoms with E-state index in [1.807, 2.05) is 28.8 Å². The summed E-state index contributed by atoms with van der Waals surface area (Å²) in [6.45, 7) is 1.84. The normalized spacial score (nSPS) is 11.6. The quantitative estimate of drug-likeness (QED) is 0.501. The number of para-hydroxylation sites is 1. The van der Waals surface area contributed by atoms with Gasteiger partial charge in [-0.3, -0.25) is 14.4 Å². The zero-order chi connectivity index (χ0) is 19.4. The van der Waals surface area contributed by atoms with E-state index in [1.54, 1.807) is 24.3 Å². The van der Waals surface area contributed by atoms with E-state index in [1.165, 1.54) is 25.4 Å². The Morgan fingerprint density at radius 3 is 2.37 bits per heavy atom. The first-order chi connectivity index (χ1) is 13.0. The van der Waals surface area contributed by atoms with Crippen molar-refractivity contribution in [3.05, 3.63) is 64.5 Å². The highest BCUT2D eigenvalue weighted by atomic mass is 32.1. The average Bonchev–Trinajstić information content (AvgIpc) is 3.03. The smallest absolute Gasteiger partial charge is 0.307 e. The summed E-state index contributed by atoms with van der Waals surface area (Å²) in [5, 5.41) is 0. The van der Waals surface area contributed by atoms with E-state index in [0.717, 1.165) is 10.2 Å². The van der Waals surface area contributed by atoms with Crippen molar-refractivity contribution in [1.82, 2.24) is 4.57 Å². The number of esters is 1. The maximum absolute atomic E-state index is 12.6. The molecule has 0 aliphatic carbocycles. The van der Waals surface area contributed by atoms with Crippen LogP contribution < -0.4 is 4.80 Å². The largest absolute Gasteiger partial charge is 0.469 e. The third-order valence-corrected chi connectivity index (χ3v) is 5.15. The lowest BCUT2D eigenvalue weighted by Crippen LogP contribution is -2.19. The number of rotatable bonds is 5. The fourth-order valence-corrected chi connectivity index (χ4v) is 3.68. The number of carbonyl (C=O) groups excluding carboxylic acids is 3. The highest BCUT2D eigenvalue weighted by molar-refractivity contribution is 7.16. The second-order valence-electron chi connectivity index (χ2n) is 5.88. The molecule has 0 spiro atoms. The number of hydrogen-bond donors (Lipinski definition) is 0. The van der Waals surface area contributed by atoms with E-state index >= 15 is 0 Å². The number of ketones is 1. The summed E-state index contributed by atoms with van der Waals surface area (Å²) in [6, 6.07) is 14.1. The number of ether oxygens (including phenoxy) is 1. The molecule has 0 saturated heterocycles. The zero-order valence-electron chi connectivity index (χ0n) is 15.0. The molecule has 0 fully saturated rings. The number of fused-ring (bicyclic) bond motifs is 1. The molecule has 138 valence electrons. The van der Waals surface area contributed by atoms with Crippen molar-refractivity contribution in [3.63, 3.8) is 0 Å². The van der Waals surface area contributed by atoms with Crippen LogP contribution in [0.15, 0.2) is 53.5 Å². The molecule has 0 atom stereocenters. The van der Waals surface area contributed by atoms with Crippen LogP contribution in [-0.2, 0) is 16.1 Å². The maximum Gasteiger partial charge on any atom is 0.307 e. The van der Waals surface area contributed by atoms with Crippen LogP contribution in [0.5, 0.6) is 0 Å². The van der Waals surface area contributed by atoms with Crippen molar-refractivity contribution in [1.29, 1.82) is 0 Å². The highest BCUT2D eigenvalue weighted by Gasteiger charge is 2.11. The molecule has 0 aliphatic rings. The number of benzene rings is 2. The summed E-state index contributed by atoms with van der Waals surface area (Å²) in [4.78, 5) is 40.2. The Bertz CT molecular complexity index is 1080. The number of amides is 1. The summed E-state index contributed by atoms with van der Waals surface area (Å²) >= 11 is 1.38. The highest BCUT2D eigenvalue weighted by Crippen LogP contribution is 2.17. The number of aromatic nitrogens is 1. The van der Waals surface area contributed by atoms with Crippen LogP contribution in [0.25, 0.3) is 10.2 Å². The molecular weight excluding hydrogens is 364 g/mol. The second-order valence-corrected chi connectivity index (χ2v) is 6.89. The molecule has 1 amide bonds. The molecule has 3 rings (SSSR count). The van der Waals surface area contributed by atoms with Crippen LogP contribution in [-0.4, -0.2) is 29.3 Å². The first-order valence-corrected chi connectivity index (χ1v) is 9.16. The Morgan fingerprint density at radius 2 is 1.70 bits per heavy atom. The van der Waals surface area contributed by atoms with Gasteiger partial charge in [-0.25, -0.2) is 0 Å². The van der Waals surface area contributed by atoms with Gasteiger partial charge in [0.05, 0.1) is 23.7 Å². The first kappa shape index (κ1) is 18.7. The molecule has 0 bridgehead atoms. The van der Waals surface area contributed by atoms with Gasteiger partial charge in [-0.15, -0.1) is 0 Å². The molecule has 1 heterocycles. The fraction of sp³-hybridized carbons (Fsp3) is 0.200. The Morgan fingerprint density at radius 1 is 1.04 bits per heavy atom. The van der Waals surface area contributed by atoms with E-state index < -0.39 is 5.91 Å².